The highest BCUT2D eigenvalue weighted by atomic mass is 19.3. The molecule has 0 aromatic heterocycles. The molecular formula is C9H15F2N. The van der Waals surface area contributed by atoms with Gasteiger partial charge in [0.1, 0.15) is 0 Å². The predicted octanol–water partition coefficient (Wildman–Crippen LogP) is 2.47. The Bertz CT molecular complexity index is 175. The van der Waals surface area contributed by atoms with E-state index in [0.717, 1.165) is 25.7 Å². The van der Waals surface area contributed by atoms with Gasteiger partial charge in [0.2, 0.25) is 0 Å². The third-order valence-electron chi connectivity index (χ3n) is 2.27. The van der Waals surface area contributed by atoms with Crippen molar-refractivity contribution >= 4 is 0 Å². The van der Waals surface area contributed by atoms with Crippen LogP contribution in [0.15, 0.2) is 11.6 Å². The lowest BCUT2D eigenvalue weighted by Gasteiger charge is -2.16. The quantitative estimate of drug-likeness (QED) is 0.641. The van der Waals surface area contributed by atoms with Crippen LogP contribution in [0, 0.1) is 0 Å². The molecule has 1 nitrogen and oxygen atoms in total. The van der Waals surface area contributed by atoms with Gasteiger partial charge in [-0.2, -0.15) is 0 Å². The van der Waals surface area contributed by atoms with E-state index in [4.69, 9.17) is 5.73 Å². The first kappa shape index (κ1) is 9.65. The van der Waals surface area contributed by atoms with E-state index in [1.165, 1.54) is 0 Å². The maximum atomic E-state index is 13.0. The van der Waals surface area contributed by atoms with Gasteiger partial charge in [-0.1, -0.05) is 12.5 Å². The number of hydrogen-bond donors (Lipinski definition) is 1. The molecule has 3 heteroatoms. The largest absolute Gasteiger partial charge is 0.325 e. The van der Waals surface area contributed by atoms with Crippen LogP contribution in [0.25, 0.3) is 0 Å². The molecule has 2 N–H and O–H groups in total. The fraction of sp³-hybridized carbons (Fsp3) is 0.778. The first-order valence-electron chi connectivity index (χ1n) is 4.44. The van der Waals surface area contributed by atoms with E-state index in [0.29, 0.717) is 6.42 Å². The first-order chi connectivity index (χ1) is 5.67. The molecule has 0 heterocycles. The van der Waals surface area contributed by atoms with Crippen molar-refractivity contribution in [2.75, 3.05) is 6.54 Å². The smallest absolute Gasteiger partial charge is 0.281 e. The maximum absolute atomic E-state index is 13.0. The van der Waals surface area contributed by atoms with Crippen LogP contribution in [0.2, 0.25) is 0 Å². The maximum Gasteiger partial charge on any atom is 0.281 e. The molecule has 0 aromatic carbocycles. The fourth-order valence-corrected chi connectivity index (χ4v) is 1.48. The van der Waals surface area contributed by atoms with Gasteiger partial charge in [0, 0.05) is 0 Å². The lowest BCUT2D eigenvalue weighted by Crippen LogP contribution is -2.29. The summed E-state index contributed by atoms with van der Waals surface area (Å²) in [6.07, 6.45) is 5.93. The molecule has 0 aliphatic heterocycles. The summed E-state index contributed by atoms with van der Waals surface area (Å²) in [7, 11) is 0. The van der Waals surface area contributed by atoms with Crippen molar-refractivity contribution in [3.63, 3.8) is 0 Å². The molecule has 0 radical (unpaired) electrons. The van der Waals surface area contributed by atoms with Crippen molar-refractivity contribution in [1.29, 1.82) is 0 Å². The zero-order valence-electron chi connectivity index (χ0n) is 7.15. The normalized spacial score (nSPS) is 20.1. The number of rotatable bonds is 2. The standard InChI is InChI=1S/C9H15F2N/c10-9(11,7-12)8-5-3-1-2-4-6-8/h5H,1-4,6-7,12H2. The van der Waals surface area contributed by atoms with E-state index in [-0.39, 0.29) is 5.57 Å². The molecule has 0 saturated carbocycles. The van der Waals surface area contributed by atoms with Gasteiger partial charge in [-0.15, -0.1) is 0 Å². The second kappa shape index (κ2) is 3.99. The highest BCUT2D eigenvalue weighted by Gasteiger charge is 2.31. The average molecular weight is 175 g/mol. The van der Waals surface area contributed by atoms with Crippen LogP contribution in [-0.4, -0.2) is 12.5 Å². The van der Waals surface area contributed by atoms with Gasteiger partial charge >= 0.3 is 0 Å². The minimum absolute atomic E-state index is 0.252. The summed E-state index contributed by atoms with van der Waals surface area (Å²) in [5, 5.41) is 0. The van der Waals surface area contributed by atoms with Gasteiger partial charge in [0.15, 0.2) is 0 Å². The molecule has 70 valence electrons. The highest BCUT2D eigenvalue weighted by Crippen LogP contribution is 2.30. The van der Waals surface area contributed by atoms with Crippen LogP contribution in [-0.2, 0) is 0 Å². The Morgan fingerprint density at radius 1 is 1.33 bits per heavy atom. The number of allylic oxidation sites excluding steroid dienone is 1. The van der Waals surface area contributed by atoms with E-state index in [2.05, 4.69) is 0 Å². The number of alkyl halides is 2. The van der Waals surface area contributed by atoms with Crippen molar-refractivity contribution in [3.05, 3.63) is 11.6 Å². The Morgan fingerprint density at radius 3 is 2.75 bits per heavy atom. The topological polar surface area (TPSA) is 26.0 Å². The second-order valence-corrected chi connectivity index (χ2v) is 3.24. The number of hydrogen-bond acceptors (Lipinski definition) is 1. The summed E-state index contributed by atoms with van der Waals surface area (Å²) in [6.45, 7) is -0.557. The van der Waals surface area contributed by atoms with E-state index >= 15 is 0 Å². The van der Waals surface area contributed by atoms with Crippen molar-refractivity contribution in [3.8, 4) is 0 Å². The molecule has 1 aliphatic rings. The molecule has 0 fully saturated rings. The third-order valence-corrected chi connectivity index (χ3v) is 2.27. The molecular weight excluding hydrogens is 160 g/mol. The van der Waals surface area contributed by atoms with Crippen molar-refractivity contribution in [1.82, 2.24) is 0 Å². The van der Waals surface area contributed by atoms with Crippen LogP contribution >= 0.6 is 0 Å². The van der Waals surface area contributed by atoms with Crippen LogP contribution in [0.1, 0.15) is 32.1 Å². The van der Waals surface area contributed by atoms with Gasteiger partial charge in [-0.25, -0.2) is 8.78 Å². The molecule has 0 unspecified atom stereocenters. The summed E-state index contributed by atoms with van der Waals surface area (Å²) < 4.78 is 26.1. The lowest BCUT2D eigenvalue weighted by atomic mass is 10.0. The number of halogens is 2. The van der Waals surface area contributed by atoms with Gasteiger partial charge in [0.05, 0.1) is 6.54 Å². The minimum atomic E-state index is -2.76. The Hall–Kier alpha value is -0.440. The molecule has 1 aliphatic carbocycles. The Balaban J connectivity index is 2.64. The predicted molar refractivity (Wildman–Crippen MR) is 45.2 cm³/mol. The molecule has 0 aromatic rings. The SMILES string of the molecule is NCC(F)(F)C1=CCCCCC1. The monoisotopic (exact) mass is 175 g/mol. The molecule has 1 rings (SSSR count). The van der Waals surface area contributed by atoms with E-state index < -0.39 is 12.5 Å². The van der Waals surface area contributed by atoms with Crippen LogP contribution in [0.3, 0.4) is 0 Å². The van der Waals surface area contributed by atoms with Crippen molar-refractivity contribution in [2.45, 2.75) is 38.0 Å². The van der Waals surface area contributed by atoms with Crippen molar-refractivity contribution < 1.29 is 8.78 Å². The lowest BCUT2D eigenvalue weighted by molar-refractivity contribution is 0.0476. The first-order valence-corrected chi connectivity index (χ1v) is 4.44. The summed E-state index contributed by atoms with van der Waals surface area (Å²) in [4.78, 5) is 0. The van der Waals surface area contributed by atoms with Crippen LogP contribution < -0.4 is 5.73 Å². The molecule has 0 saturated heterocycles. The average Bonchev–Trinajstić information content (AvgIpc) is 2.32. The van der Waals surface area contributed by atoms with Crippen molar-refractivity contribution in [2.24, 2.45) is 5.73 Å². The van der Waals surface area contributed by atoms with Gasteiger partial charge in [0.25, 0.3) is 5.92 Å². The number of nitrogens with two attached hydrogens (primary N) is 1. The van der Waals surface area contributed by atoms with E-state index in [9.17, 15) is 8.78 Å². The van der Waals surface area contributed by atoms with Gasteiger partial charge in [-0.3, -0.25) is 0 Å². The zero-order valence-corrected chi connectivity index (χ0v) is 7.15. The van der Waals surface area contributed by atoms with Gasteiger partial charge < -0.3 is 5.73 Å². The van der Waals surface area contributed by atoms with E-state index in [1.807, 2.05) is 0 Å². The van der Waals surface area contributed by atoms with Gasteiger partial charge in [-0.05, 0) is 31.3 Å². The molecule has 12 heavy (non-hydrogen) atoms. The fourth-order valence-electron chi connectivity index (χ4n) is 1.48. The Kier molecular flexibility index (Phi) is 3.20. The minimum Gasteiger partial charge on any atom is -0.325 e. The highest BCUT2D eigenvalue weighted by molar-refractivity contribution is 5.14. The summed E-state index contributed by atoms with van der Waals surface area (Å²) in [6, 6.07) is 0. The molecule has 0 bridgehead atoms. The Labute approximate surface area is 71.6 Å². The molecule has 0 amide bonds. The van der Waals surface area contributed by atoms with Crippen LogP contribution in [0.4, 0.5) is 8.78 Å². The Morgan fingerprint density at radius 2 is 2.08 bits per heavy atom. The molecule has 0 spiro atoms. The summed E-state index contributed by atoms with van der Waals surface area (Å²) >= 11 is 0. The summed E-state index contributed by atoms with van der Waals surface area (Å²) in [5.41, 5.74) is 5.25. The summed E-state index contributed by atoms with van der Waals surface area (Å²) in [5.74, 6) is -2.76. The second-order valence-electron chi connectivity index (χ2n) is 3.24. The molecule has 0 atom stereocenters. The zero-order chi connectivity index (χ0) is 9.03. The van der Waals surface area contributed by atoms with Crippen LogP contribution in [0.5, 0.6) is 0 Å². The van der Waals surface area contributed by atoms with E-state index in [1.54, 1.807) is 6.08 Å². The third kappa shape index (κ3) is 2.27.